The van der Waals surface area contributed by atoms with Gasteiger partial charge in [-0.25, -0.2) is 9.97 Å². The fourth-order valence-corrected chi connectivity index (χ4v) is 2.94. The van der Waals surface area contributed by atoms with E-state index in [9.17, 15) is 4.79 Å². The van der Waals surface area contributed by atoms with Crippen LogP contribution in [0, 0.1) is 5.92 Å². The molecule has 1 saturated heterocycles. The highest BCUT2D eigenvalue weighted by molar-refractivity contribution is 5.92. The molecule has 2 aliphatic rings. The molecule has 1 N–H and O–H groups in total. The molecule has 1 saturated carbocycles. The van der Waals surface area contributed by atoms with E-state index in [0.29, 0.717) is 31.3 Å². The molecule has 132 valence electrons. The summed E-state index contributed by atoms with van der Waals surface area (Å²) in [5.41, 5.74) is 0.428. The van der Waals surface area contributed by atoms with Gasteiger partial charge >= 0.3 is 0 Å². The lowest BCUT2D eigenvalue weighted by Gasteiger charge is -2.34. The maximum atomic E-state index is 12.8. The van der Waals surface area contributed by atoms with Gasteiger partial charge in [-0.1, -0.05) is 0 Å². The number of hydrogen-bond donors (Lipinski definition) is 1. The van der Waals surface area contributed by atoms with E-state index in [4.69, 9.17) is 4.74 Å². The number of aromatic nitrogens is 4. The molecule has 0 aromatic carbocycles. The standard InChI is InChI=1S/C17H22N6O2/c1-22-7-5-13(21-22)17(24)23-8-9-25-11-14(23)16-18-6-4-15(20-16)19-10-12-2-3-12/h4-7,12,14H,2-3,8-11H2,1H3,(H,18,19,20)/t14-/m1/s1. The smallest absolute Gasteiger partial charge is 0.275 e. The Balaban J connectivity index is 1.53. The minimum Gasteiger partial charge on any atom is -0.377 e. The number of nitrogens with one attached hydrogen (secondary N) is 1. The van der Waals surface area contributed by atoms with Crippen molar-refractivity contribution >= 4 is 11.7 Å². The van der Waals surface area contributed by atoms with Gasteiger partial charge in [-0.15, -0.1) is 0 Å². The first-order valence-corrected chi connectivity index (χ1v) is 8.66. The fourth-order valence-electron chi connectivity index (χ4n) is 2.94. The number of carbonyl (C=O) groups is 1. The summed E-state index contributed by atoms with van der Waals surface area (Å²) in [7, 11) is 1.80. The summed E-state index contributed by atoms with van der Waals surface area (Å²) in [4.78, 5) is 23.6. The zero-order valence-electron chi connectivity index (χ0n) is 14.3. The molecule has 0 spiro atoms. The number of rotatable bonds is 5. The lowest BCUT2D eigenvalue weighted by Crippen LogP contribution is -2.44. The summed E-state index contributed by atoms with van der Waals surface area (Å²) in [6.45, 7) is 2.34. The molecule has 8 heteroatoms. The van der Waals surface area contributed by atoms with Gasteiger partial charge in [-0.3, -0.25) is 9.48 Å². The lowest BCUT2D eigenvalue weighted by atomic mass is 10.2. The minimum absolute atomic E-state index is 0.117. The molecule has 2 fully saturated rings. The predicted molar refractivity (Wildman–Crippen MR) is 91.1 cm³/mol. The average molecular weight is 342 g/mol. The topological polar surface area (TPSA) is 85.2 Å². The molecule has 3 heterocycles. The Hall–Kier alpha value is -2.48. The Bertz CT molecular complexity index is 757. The molecule has 8 nitrogen and oxygen atoms in total. The van der Waals surface area contributed by atoms with Crippen molar-refractivity contribution in [2.24, 2.45) is 13.0 Å². The van der Waals surface area contributed by atoms with Crippen molar-refractivity contribution in [3.8, 4) is 0 Å². The van der Waals surface area contributed by atoms with Gasteiger partial charge in [0.05, 0.1) is 13.2 Å². The van der Waals surface area contributed by atoms with Crippen molar-refractivity contribution in [2.45, 2.75) is 18.9 Å². The molecule has 0 unspecified atom stereocenters. The van der Waals surface area contributed by atoms with Crippen LogP contribution in [-0.2, 0) is 11.8 Å². The maximum Gasteiger partial charge on any atom is 0.275 e. The second-order valence-electron chi connectivity index (χ2n) is 6.59. The van der Waals surface area contributed by atoms with Crippen molar-refractivity contribution in [1.82, 2.24) is 24.6 Å². The van der Waals surface area contributed by atoms with Crippen LogP contribution < -0.4 is 5.32 Å². The van der Waals surface area contributed by atoms with E-state index in [-0.39, 0.29) is 11.9 Å². The third kappa shape index (κ3) is 3.63. The molecular weight excluding hydrogens is 320 g/mol. The number of ether oxygens (including phenoxy) is 1. The number of carbonyl (C=O) groups excluding carboxylic acids is 1. The SMILES string of the molecule is Cn1ccc(C(=O)N2CCOC[C@@H]2c2nccc(NCC3CC3)n2)n1. The number of aryl methyl sites for hydroxylation is 1. The van der Waals surface area contributed by atoms with E-state index in [0.717, 1.165) is 18.3 Å². The predicted octanol–water partition coefficient (Wildman–Crippen LogP) is 1.25. The van der Waals surface area contributed by atoms with E-state index >= 15 is 0 Å². The van der Waals surface area contributed by atoms with Crippen molar-refractivity contribution in [3.63, 3.8) is 0 Å². The molecule has 1 atom stereocenters. The first kappa shape index (κ1) is 16.0. The van der Waals surface area contributed by atoms with Gasteiger partial charge in [0.15, 0.2) is 5.82 Å². The van der Waals surface area contributed by atoms with Crippen LogP contribution in [0.15, 0.2) is 24.5 Å². The summed E-state index contributed by atoms with van der Waals surface area (Å²) in [5, 5.41) is 7.57. The van der Waals surface area contributed by atoms with Gasteiger partial charge in [0.25, 0.3) is 5.91 Å². The van der Waals surface area contributed by atoms with Gasteiger partial charge in [-0.05, 0) is 30.9 Å². The van der Waals surface area contributed by atoms with Crippen molar-refractivity contribution in [1.29, 1.82) is 0 Å². The second-order valence-corrected chi connectivity index (χ2v) is 6.59. The summed E-state index contributed by atoms with van der Waals surface area (Å²) >= 11 is 0. The van der Waals surface area contributed by atoms with Gasteiger partial charge in [-0.2, -0.15) is 5.10 Å². The van der Waals surface area contributed by atoms with E-state index < -0.39 is 0 Å². The number of amides is 1. The second kappa shape index (κ2) is 6.79. The molecule has 1 aliphatic heterocycles. The minimum atomic E-state index is -0.300. The quantitative estimate of drug-likeness (QED) is 0.880. The van der Waals surface area contributed by atoms with Gasteiger partial charge in [0.1, 0.15) is 17.6 Å². The largest absolute Gasteiger partial charge is 0.377 e. The zero-order chi connectivity index (χ0) is 17.2. The van der Waals surface area contributed by atoms with Crippen LogP contribution in [0.25, 0.3) is 0 Å². The van der Waals surface area contributed by atoms with Crippen LogP contribution in [0.5, 0.6) is 0 Å². The van der Waals surface area contributed by atoms with Crippen LogP contribution in [0.4, 0.5) is 5.82 Å². The van der Waals surface area contributed by atoms with Crippen LogP contribution in [0.1, 0.15) is 35.2 Å². The summed E-state index contributed by atoms with van der Waals surface area (Å²) in [6.07, 6.45) is 6.07. The van der Waals surface area contributed by atoms with Gasteiger partial charge in [0, 0.05) is 32.5 Å². The summed E-state index contributed by atoms with van der Waals surface area (Å²) < 4.78 is 7.21. The normalized spacial score (nSPS) is 20.5. The molecule has 1 aliphatic carbocycles. The molecule has 2 aromatic heterocycles. The first-order chi connectivity index (χ1) is 12.2. The highest BCUT2D eigenvalue weighted by atomic mass is 16.5. The number of hydrogen-bond acceptors (Lipinski definition) is 6. The molecule has 0 bridgehead atoms. The Morgan fingerprint density at radius 1 is 1.40 bits per heavy atom. The highest BCUT2D eigenvalue weighted by Crippen LogP contribution is 2.29. The number of morpholine rings is 1. The number of nitrogens with zero attached hydrogens (tertiary/aromatic N) is 5. The van der Waals surface area contributed by atoms with Crippen LogP contribution in [0.2, 0.25) is 0 Å². The van der Waals surface area contributed by atoms with Crippen molar-refractivity contribution in [2.75, 3.05) is 31.6 Å². The van der Waals surface area contributed by atoms with E-state index in [2.05, 4.69) is 20.4 Å². The Morgan fingerprint density at radius 2 is 2.28 bits per heavy atom. The lowest BCUT2D eigenvalue weighted by molar-refractivity contribution is -0.00552. The first-order valence-electron chi connectivity index (χ1n) is 8.66. The monoisotopic (exact) mass is 342 g/mol. The Morgan fingerprint density at radius 3 is 3.04 bits per heavy atom. The summed E-state index contributed by atoms with van der Waals surface area (Å²) in [6, 6.07) is 3.29. The van der Waals surface area contributed by atoms with E-state index in [1.165, 1.54) is 12.8 Å². The van der Waals surface area contributed by atoms with Crippen LogP contribution in [0.3, 0.4) is 0 Å². The molecular formula is C17H22N6O2. The maximum absolute atomic E-state index is 12.8. The average Bonchev–Trinajstić information content (AvgIpc) is 3.38. The fraction of sp³-hybridized carbons (Fsp3) is 0.529. The highest BCUT2D eigenvalue weighted by Gasteiger charge is 2.32. The third-order valence-electron chi connectivity index (χ3n) is 4.56. The van der Waals surface area contributed by atoms with Gasteiger partial charge in [0.2, 0.25) is 0 Å². The molecule has 1 amide bonds. The van der Waals surface area contributed by atoms with Crippen LogP contribution in [-0.4, -0.2) is 56.9 Å². The van der Waals surface area contributed by atoms with Crippen molar-refractivity contribution < 1.29 is 9.53 Å². The third-order valence-corrected chi connectivity index (χ3v) is 4.56. The van der Waals surface area contributed by atoms with E-state index in [1.54, 1.807) is 35.1 Å². The van der Waals surface area contributed by atoms with E-state index in [1.807, 2.05) is 6.07 Å². The molecule has 0 radical (unpaired) electrons. The molecule has 25 heavy (non-hydrogen) atoms. The molecule has 4 rings (SSSR count). The summed E-state index contributed by atoms with van der Waals surface area (Å²) in [5.74, 6) is 2.05. The Kier molecular flexibility index (Phi) is 4.35. The number of anilines is 1. The van der Waals surface area contributed by atoms with Crippen molar-refractivity contribution in [3.05, 3.63) is 36.0 Å². The van der Waals surface area contributed by atoms with Crippen LogP contribution >= 0.6 is 0 Å². The Labute approximate surface area is 146 Å². The zero-order valence-corrected chi connectivity index (χ0v) is 14.3. The van der Waals surface area contributed by atoms with Gasteiger partial charge < -0.3 is 15.0 Å². The molecule has 2 aromatic rings.